The highest BCUT2D eigenvalue weighted by Gasteiger charge is 2.53. The van der Waals surface area contributed by atoms with Gasteiger partial charge in [0.25, 0.3) is 0 Å². The van der Waals surface area contributed by atoms with E-state index >= 15 is 0 Å². The predicted octanol–water partition coefficient (Wildman–Crippen LogP) is -1.19. The number of carboxylic acids is 1. The predicted molar refractivity (Wildman–Crippen MR) is 106 cm³/mol. The van der Waals surface area contributed by atoms with Crippen molar-refractivity contribution in [2.24, 2.45) is 0 Å². The van der Waals surface area contributed by atoms with Crippen molar-refractivity contribution in [3.05, 3.63) is 11.5 Å². The van der Waals surface area contributed by atoms with E-state index < -0.39 is 78.2 Å². The lowest BCUT2D eigenvalue weighted by Crippen LogP contribution is -2.43. The van der Waals surface area contributed by atoms with Gasteiger partial charge in [0, 0.05) is 33.6 Å². The molecule has 1 aromatic heterocycles. The molecular weight excluding hydrogens is 460 g/mol. The molecule has 2 fully saturated rings. The first-order chi connectivity index (χ1) is 15.9. The van der Waals surface area contributed by atoms with Crippen LogP contribution in [0.1, 0.15) is 56.0 Å². The number of nitrogens with two attached hydrogens (primary N) is 1. The number of carbonyl (C=O) groups excluding carboxylic acids is 5. The van der Waals surface area contributed by atoms with Gasteiger partial charge in [0.15, 0.2) is 35.6 Å². The van der Waals surface area contributed by atoms with Crippen LogP contribution in [0.5, 0.6) is 0 Å². The van der Waals surface area contributed by atoms with Gasteiger partial charge in [-0.15, -0.1) is 0 Å². The molecule has 0 saturated carbocycles. The van der Waals surface area contributed by atoms with E-state index in [0.29, 0.717) is 5.01 Å². The number of esters is 3. The minimum atomic E-state index is -1.56. The Morgan fingerprint density at radius 2 is 1.59 bits per heavy atom. The first-order valence-electron chi connectivity index (χ1n) is 10.0. The number of nitrogens with zero attached hydrogens (tertiary/aromatic N) is 3. The number of amides is 2. The Kier molecular flexibility index (Phi) is 6.85. The molecule has 3 heterocycles. The van der Waals surface area contributed by atoms with E-state index in [1.54, 1.807) is 0 Å². The summed E-state index contributed by atoms with van der Waals surface area (Å²) >= 11 is 0. The number of carbonyl (C=O) groups is 6. The maximum atomic E-state index is 12.4. The van der Waals surface area contributed by atoms with Crippen molar-refractivity contribution in [3.63, 3.8) is 0 Å². The molecule has 15 heteroatoms. The van der Waals surface area contributed by atoms with Crippen LogP contribution in [0.25, 0.3) is 0 Å². The summed E-state index contributed by atoms with van der Waals surface area (Å²) in [6.07, 6.45) is -5.67. The second kappa shape index (κ2) is 9.46. The van der Waals surface area contributed by atoms with Gasteiger partial charge >= 0.3 is 23.9 Å². The lowest BCUT2D eigenvalue weighted by atomic mass is 10.1. The molecule has 2 saturated heterocycles. The standard InChI is InChI=1S/C19H22N4O11/c1-7(24)31-6-10-14(32-8(2)25)15(33-9(3)26)16(34-10)18-21-13(19(29)30)17(20)23(18)22-11(27)4-5-12(22)28/h10,14-16H,4-6,20H2,1-3H3,(H,29,30)/t10-,14-,15-,16-/m1/s1. The molecule has 34 heavy (non-hydrogen) atoms. The van der Waals surface area contributed by atoms with Crippen LogP contribution in [0.2, 0.25) is 0 Å². The maximum Gasteiger partial charge on any atom is 0.358 e. The fourth-order valence-corrected chi connectivity index (χ4v) is 3.71. The Morgan fingerprint density at radius 3 is 2.09 bits per heavy atom. The van der Waals surface area contributed by atoms with Crippen molar-refractivity contribution in [3.8, 4) is 0 Å². The average Bonchev–Trinajstić information content (AvgIpc) is 3.34. The normalized spacial score (nSPS) is 24.3. The van der Waals surface area contributed by atoms with Gasteiger partial charge in [0.05, 0.1) is 0 Å². The van der Waals surface area contributed by atoms with Crippen LogP contribution in [-0.2, 0) is 42.9 Å². The second-order valence-corrected chi connectivity index (χ2v) is 7.47. The molecule has 0 spiro atoms. The number of imide groups is 1. The van der Waals surface area contributed by atoms with Gasteiger partial charge in [-0.2, -0.15) is 5.01 Å². The van der Waals surface area contributed by atoms with Crippen LogP contribution in [0.4, 0.5) is 5.82 Å². The summed E-state index contributed by atoms with van der Waals surface area (Å²) in [7, 11) is 0. The van der Waals surface area contributed by atoms with Gasteiger partial charge in [-0.05, 0) is 0 Å². The van der Waals surface area contributed by atoms with Gasteiger partial charge < -0.3 is 29.8 Å². The van der Waals surface area contributed by atoms with E-state index in [1.807, 2.05) is 0 Å². The van der Waals surface area contributed by atoms with Crippen molar-refractivity contribution in [1.82, 2.24) is 9.66 Å². The topological polar surface area (TPSA) is 207 Å². The summed E-state index contributed by atoms with van der Waals surface area (Å²) in [5, 5.41) is 10.1. The molecule has 3 N–H and O–H groups in total. The van der Waals surface area contributed by atoms with E-state index in [1.165, 1.54) is 0 Å². The van der Waals surface area contributed by atoms with Crippen molar-refractivity contribution in [2.75, 3.05) is 17.3 Å². The molecular formula is C19H22N4O11. The third-order valence-electron chi connectivity index (χ3n) is 4.96. The van der Waals surface area contributed by atoms with Crippen molar-refractivity contribution < 1.29 is 52.8 Å². The van der Waals surface area contributed by atoms with Gasteiger partial charge in [-0.3, -0.25) is 24.0 Å². The largest absolute Gasteiger partial charge is 0.476 e. The van der Waals surface area contributed by atoms with E-state index in [2.05, 4.69) is 4.98 Å². The van der Waals surface area contributed by atoms with E-state index in [0.717, 1.165) is 25.4 Å². The zero-order chi connectivity index (χ0) is 25.3. The summed E-state index contributed by atoms with van der Waals surface area (Å²) in [5.74, 6) is -6.11. The van der Waals surface area contributed by atoms with Crippen LogP contribution in [0.15, 0.2) is 0 Å². The number of carboxylic acid groups (broad SMARTS) is 1. The Balaban J connectivity index is 2.15. The van der Waals surface area contributed by atoms with Crippen LogP contribution < -0.4 is 10.7 Å². The monoisotopic (exact) mass is 482 g/mol. The molecule has 2 aliphatic rings. The number of hydrogen-bond donors (Lipinski definition) is 2. The molecule has 184 valence electrons. The molecule has 0 bridgehead atoms. The van der Waals surface area contributed by atoms with Crippen LogP contribution in [0.3, 0.4) is 0 Å². The lowest BCUT2D eigenvalue weighted by molar-refractivity contribution is -0.165. The zero-order valence-corrected chi connectivity index (χ0v) is 18.4. The first kappa shape index (κ1) is 24.6. The van der Waals surface area contributed by atoms with Gasteiger partial charge in [-0.1, -0.05) is 0 Å². The fraction of sp³-hybridized carbons (Fsp3) is 0.526. The number of rotatable bonds is 7. The number of imidazole rings is 1. The molecule has 4 atom stereocenters. The molecule has 2 aliphatic heterocycles. The Bertz CT molecular complexity index is 1050. The van der Waals surface area contributed by atoms with Crippen molar-refractivity contribution >= 4 is 41.5 Å². The van der Waals surface area contributed by atoms with Gasteiger partial charge in [-0.25, -0.2) is 14.5 Å². The number of ether oxygens (including phenoxy) is 4. The lowest BCUT2D eigenvalue weighted by Gasteiger charge is -2.25. The number of aromatic carboxylic acids is 1. The third-order valence-corrected chi connectivity index (χ3v) is 4.96. The minimum absolute atomic E-state index is 0.150. The molecule has 0 aliphatic carbocycles. The summed E-state index contributed by atoms with van der Waals surface area (Å²) in [5.41, 5.74) is 5.23. The van der Waals surface area contributed by atoms with Crippen LogP contribution in [-0.4, -0.2) is 75.4 Å². The quantitative estimate of drug-likeness (QED) is 0.267. The van der Waals surface area contributed by atoms with Crippen molar-refractivity contribution in [2.45, 2.75) is 58.0 Å². The SMILES string of the molecule is CC(=O)OC[C@H]1O[C@@H](c2nc(C(=O)O)c(N)n2N2C(=O)CCC2=O)[C@H](OC(C)=O)[C@@H]1OC(C)=O. The highest BCUT2D eigenvalue weighted by Crippen LogP contribution is 2.39. The Hall–Kier alpha value is -4.01. The summed E-state index contributed by atoms with van der Waals surface area (Å²) in [6.45, 7) is 2.86. The molecule has 2 amide bonds. The van der Waals surface area contributed by atoms with E-state index in [9.17, 15) is 33.9 Å². The molecule has 3 rings (SSSR count). The molecule has 1 aromatic rings. The summed E-state index contributed by atoms with van der Waals surface area (Å²) in [6, 6.07) is 0. The number of anilines is 1. The number of aromatic nitrogens is 2. The molecule has 0 radical (unpaired) electrons. The number of hydrogen-bond acceptors (Lipinski definition) is 12. The fourth-order valence-electron chi connectivity index (χ4n) is 3.71. The van der Waals surface area contributed by atoms with E-state index in [-0.39, 0.29) is 18.7 Å². The molecule has 15 nitrogen and oxygen atoms in total. The van der Waals surface area contributed by atoms with Crippen molar-refractivity contribution in [1.29, 1.82) is 0 Å². The second-order valence-electron chi connectivity index (χ2n) is 7.47. The Morgan fingerprint density at radius 1 is 1.03 bits per heavy atom. The van der Waals surface area contributed by atoms with E-state index in [4.69, 9.17) is 24.7 Å². The highest BCUT2D eigenvalue weighted by atomic mass is 16.6. The van der Waals surface area contributed by atoms with Gasteiger partial charge in [0.1, 0.15) is 12.7 Å². The minimum Gasteiger partial charge on any atom is -0.476 e. The smallest absolute Gasteiger partial charge is 0.358 e. The molecule has 0 unspecified atom stereocenters. The first-order valence-corrected chi connectivity index (χ1v) is 10.0. The maximum absolute atomic E-state index is 12.4. The third kappa shape index (κ3) is 4.68. The summed E-state index contributed by atoms with van der Waals surface area (Å²) < 4.78 is 22.1. The van der Waals surface area contributed by atoms with Gasteiger partial charge in [0.2, 0.25) is 11.8 Å². The Labute approximate surface area is 191 Å². The van der Waals surface area contributed by atoms with Crippen LogP contribution in [0, 0.1) is 0 Å². The zero-order valence-electron chi connectivity index (χ0n) is 18.4. The average molecular weight is 482 g/mol. The summed E-state index contributed by atoms with van der Waals surface area (Å²) in [4.78, 5) is 75.3. The number of nitrogen functional groups attached to an aromatic ring is 1. The highest BCUT2D eigenvalue weighted by molar-refractivity contribution is 6.14. The molecule has 0 aromatic carbocycles. The van der Waals surface area contributed by atoms with Crippen LogP contribution >= 0.6 is 0 Å².